The number of aromatic nitrogens is 5. The molecule has 16 nitrogen and oxygen atoms in total. The summed E-state index contributed by atoms with van der Waals surface area (Å²) in [5.74, 6) is -2.84. The van der Waals surface area contributed by atoms with E-state index in [1.54, 1.807) is 13.0 Å². The van der Waals surface area contributed by atoms with Crippen molar-refractivity contribution in [3.05, 3.63) is 35.0 Å². The van der Waals surface area contributed by atoms with Crippen LogP contribution in [0.15, 0.2) is 39.6 Å². The summed E-state index contributed by atoms with van der Waals surface area (Å²) in [6.07, 6.45) is 1.63. The van der Waals surface area contributed by atoms with E-state index in [9.17, 15) is 24.3 Å². The van der Waals surface area contributed by atoms with Gasteiger partial charge in [0.05, 0.1) is 13.2 Å². The lowest BCUT2D eigenvalue weighted by Crippen LogP contribution is -2.71. The van der Waals surface area contributed by atoms with E-state index in [4.69, 9.17) is 15.3 Å². The minimum Gasteiger partial charge on any atom is -0.477 e. The molecule has 0 radical (unpaired) electrons. The molecule has 2 aromatic rings. The lowest BCUT2D eigenvalue weighted by molar-refractivity contribution is -0.150. The first-order chi connectivity index (χ1) is 19.2. The fraction of sp³-hybridized carbons (Fsp3) is 0.381. The van der Waals surface area contributed by atoms with Gasteiger partial charge in [-0.05, 0) is 22.9 Å². The molecule has 4 heterocycles. The van der Waals surface area contributed by atoms with Gasteiger partial charge in [-0.25, -0.2) is 19.3 Å². The van der Waals surface area contributed by atoms with Crippen LogP contribution >= 0.6 is 34.9 Å². The van der Waals surface area contributed by atoms with Crippen molar-refractivity contribution in [2.75, 3.05) is 30.5 Å². The van der Waals surface area contributed by atoms with Crippen LogP contribution in [0.5, 0.6) is 0 Å². The van der Waals surface area contributed by atoms with Crippen LogP contribution in [0.25, 0.3) is 0 Å². The number of thioether (sulfide) groups is 2. The minimum atomic E-state index is -1.27. The molecule has 0 bridgehead atoms. The number of nitrogen functional groups attached to an aromatic ring is 1. The van der Waals surface area contributed by atoms with Gasteiger partial charge in [-0.3, -0.25) is 14.5 Å². The van der Waals surface area contributed by atoms with Crippen LogP contribution in [0.3, 0.4) is 0 Å². The number of thiazole rings is 1. The molecule has 4 rings (SSSR count). The number of esters is 1. The third-order valence-corrected chi connectivity index (χ3v) is 8.39. The zero-order valence-corrected chi connectivity index (χ0v) is 23.3. The van der Waals surface area contributed by atoms with E-state index in [0.717, 1.165) is 16.2 Å². The van der Waals surface area contributed by atoms with Crippen LogP contribution in [0.2, 0.25) is 0 Å². The number of nitrogens with zero attached hydrogens (tertiary/aromatic N) is 7. The van der Waals surface area contributed by atoms with E-state index in [1.165, 1.54) is 33.6 Å². The summed E-state index contributed by atoms with van der Waals surface area (Å²) in [5.41, 5.74) is 5.81. The molecule has 0 aromatic carbocycles. The first-order valence-corrected chi connectivity index (χ1v) is 14.4. The highest BCUT2D eigenvalue weighted by Gasteiger charge is 2.54. The molecule has 1 saturated heterocycles. The Balaban J connectivity index is 1.47. The molecule has 2 atom stereocenters. The molecule has 0 aliphatic carbocycles. The van der Waals surface area contributed by atoms with Gasteiger partial charge in [0.1, 0.15) is 22.8 Å². The number of tetrazole rings is 1. The average Bonchev–Trinajstić information content (AvgIpc) is 3.56. The fourth-order valence-electron chi connectivity index (χ4n) is 3.65. The van der Waals surface area contributed by atoms with Crippen molar-refractivity contribution in [1.82, 2.24) is 35.4 Å². The minimum absolute atomic E-state index is 0.0769. The second-order valence-corrected chi connectivity index (χ2v) is 10.9. The summed E-state index contributed by atoms with van der Waals surface area (Å²) >= 11 is 3.59. The normalized spacial score (nSPS) is 18.6. The van der Waals surface area contributed by atoms with Gasteiger partial charge in [-0.2, -0.15) is 0 Å². The highest BCUT2D eigenvalue weighted by atomic mass is 32.2. The first kappa shape index (κ1) is 29.0. The third kappa shape index (κ3) is 6.26. The Hall–Kier alpha value is -3.97. The maximum Gasteiger partial charge on any atom is 0.352 e. The van der Waals surface area contributed by atoms with Crippen LogP contribution in [0.1, 0.15) is 12.6 Å². The van der Waals surface area contributed by atoms with Gasteiger partial charge in [0, 0.05) is 16.9 Å². The largest absolute Gasteiger partial charge is 0.477 e. The van der Waals surface area contributed by atoms with E-state index < -0.39 is 41.8 Å². The van der Waals surface area contributed by atoms with Crippen molar-refractivity contribution in [3.8, 4) is 0 Å². The number of oxime groups is 1. The Labute approximate surface area is 239 Å². The van der Waals surface area contributed by atoms with Crippen LogP contribution in [-0.4, -0.2) is 101 Å². The second-order valence-electron chi connectivity index (χ2n) is 7.93. The predicted molar refractivity (Wildman–Crippen MR) is 144 cm³/mol. The molecular weight excluding hydrogens is 586 g/mol. The number of rotatable bonds is 13. The summed E-state index contributed by atoms with van der Waals surface area (Å²) in [7, 11) is 0. The summed E-state index contributed by atoms with van der Waals surface area (Å²) in [4.78, 5) is 60.1. The summed E-state index contributed by atoms with van der Waals surface area (Å²) in [5, 5.41) is 29.1. The number of carboxylic acids is 1. The molecule has 0 spiro atoms. The van der Waals surface area contributed by atoms with Gasteiger partial charge < -0.3 is 25.7 Å². The number of nitrogens with two attached hydrogens (primary N) is 1. The zero-order valence-electron chi connectivity index (χ0n) is 20.9. The van der Waals surface area contributed by atoms with Crippen molar-refractivity contribution >= 4 is 69.5 Å². The number of carbonyl (C=O) groups is 4. The maximum absolute atomic E-state index is 13.1. The Kier molecular flexibility index (Phi) is 9.38. The number of carbonyl (C=O) groups excluding carboxylic acids is 3. The van der Waals surface area contributed by atoms with Gasteiger partial charge in [-0.15, -0.1) is 34.8 Å². The SMILES string of the molecule is C=CCn1nnnc1SCC1=C(C(=O)O)N2C(=O)C(NC(=O)C(=NOCC(=O)OCC)c3csc(N)n3)[C@@H]2SC1. The monoisotopic (exact) mass is 609 g/mol. The quantitative estimate of drug-likeness (QED) is 0.0664. The zero-order chi connectivity index (χ0) is 28.8. The molecule has 2 aliphatic heterocycles. The lowest BCUT2D eigenvalue weighted by atomic mass is 10.0. The number of β-lactam (4-membered cyclic amide) rings is 1. The van der Waals surface area contributed by atoms with Crippen molar-refractivity contribution in [2.45, 2.75) is 30.0 Å². The highest BCUT2D eigenvalue weighted by molar-refractivity contribution is 8.01. The van der Waals surface area contributed by atoms with Crippen LogP contribution < -0.4 is 11.1 Å². The Morgan fingerprint density at radius 1 is 1.43 bits per heavy atom. The fourth-order valence-corrected chi connectivity index (χ4v) is 6.56. The molecule has 1 unspecified atom stereocenters. The molecular formula is C21H23N9O7S3. The van der Waals surface area contributed by atoms with E-state index in [0.29, 0.717) is 23.0 Å². The molecule has 2 amide bonds. The molecule has 19 heteroatoms. The summed E-state index contributed by atoms with van der Waals surface area (Å²) in [6.45, 7) is 5.25. The molecule has 2 aromatic heterocycles. The number of amides is 2. The summed E-state index contributed by atoms with van der Waals surface area (Å²) in [6, 6.07) is -1.04. The number of anilines is 1. The lowest BCUT2D eigenvalue weighted by Gasteiger charge is -2.49. The number of aliphatic carboxylic acids is 1. The molecule has 1 fully saturated rings. The molecule has 4 N–H and O–H groups in total. The summed E-state index contributed by atoms with van der Waals surface area (Å²) < 4.78 is 6.28. The topological polar surface area (TPSA) is 217 Å². The molecule has 2 aliphatic rings. The van der Waals surface area contributed by atoms with Gasteiger partial charge in [0.2, 0.25) is 11.8 Å². The van der Waals surface area contributed by atoms with Crippen molar-refractivity contribution in [2.24, 2.45) is 5.16 Å². The number of nitrogens with one attached hydrogen (secondary N) is 1. The Morgan fingerprint density at radius 2 is 2.23 bits per heavy atom. The van der Waals surface area contributed by atoms with Crippen LogP contribution in [-0.2, 0) is 35.3 Å². The molecule has 0 saturated carbocycles. The van der Waals surface area contributed by atoms with E-state index >= 15 is 0 Å². The maximum atomic E-state index is 13.1. The second kappa shape index (κ2) is 12.9. The van der Waals surface area contributed by atoms with E-state index in [2.05, 4.69) is 37.6 Å². The number of allylic oxidation sites excluding steroid dienone is 1. The van der Waals surface area contributed by atoms with Crippen LogP contribution in [0, 0.1) is 0 Å². The number of fused-ring (bicyclic) bond motifs is 1. The molecule has 212 valence electrons. The Morgan fingerprint density at radius 3 is 2.90 bits per heavy atom. The van der Waals surface area contributed by atoms with Gasteiger partial charge in [-0.1, -0.05) is 23.0 Å². The highest BCUT2D eigenvalue weighted by Crippen LogP contribution is 2.41. The van der Waals surface area contributed by atoms with Gasteiger partial charge >= 0.3 is 11.9 Å². The standard InChI is InChI=1S/C21H23N9O7S3/c1-3-5-29-21(25-27-28-29)40-8-10-7-38-18-14(17(33)30(18)15(10)19(34)35)24-16(32)13(11-9-39-20(22)23-11)26-37-6-12(31)36-4-2/h3,9,14,18H,1,4-8H2,2H3,(H2,22,23)(H,24,32)(H,34,35)/t14?,18-/m0/s1. The van der Waals surface area contributed by atoms with Crippen molar-refractivity contribution in [3.63, 3.8) is 0 Å². The third-order valence-electron chi connectivity index (χ3n) is 5.34. The average molecular weight is 610 g/mol. The first-order valence-electron chi connectivity index (χ1n) is 11.5. The Bertz CT molecular complexity index is 1390. The smallest absolute Gasteiger partial charge is 0.352 e. The number of hydrogen-bond donors (Lipinski definition) is 3. The van der Waals surface area contributed by atoms with E-state index in [-0.39, 0.29) is 34.6 Å². The molecule has 40 heavy (non-hydrogen) atoms. The van der Waals surface area contributed by atoms with E-state index in [1.807, 2.05) is 0 Å². The van der Waals surface area contributed by atoms with Gasteiger partial charge in [0.25, 0.3) is 11.8 Å². The van der Waals surface area contributed by atoms with Gasteiger partial charge in [0.15, 0.2) is 10.8 Å². The predicted octanol–water partition coefficient (Wildman–Crippen LogP) is -0.287. The number of carboxylic acid groups (broad SMARTS) is 1. The number of ether oxygens (including phenoxy) is 1. The van der Waals surface area contributed by atoms with Crippen molar-refractivity contribution < 1.29 is 33.9 Å². The van der Waals surface area contributed by atoms with Crippen molar-refractivity contribution in [1.29, 1.82) is 0 Å². The number of hydrogen-bond acceptors (Lipinski definition) is 15. The van der Waals surface area contributed by atoms with Crippen LogP contribution in [0.4, 0.5) is 5.13 Å².